The lowest BCUT2D eigenvalue weighted by Crippen LogP contribution is -2.46. The minimum absolute atomic E-state index is 0.0120. The summed E-state index contributed by atoms with van der Waals surface area (Å²) < 4.78 is 1.31. The Morgan fingerprint density at radius 3 is 2.72 bits per heavy atom. The third-order valence-electron chi connectivity index (χ3n) is 5.63. The second kappa shape index (κ2) is 6.72. The summed E-state index contributed by atoms with van der Waals surface area (Å²) in [6, 6.07) is 13.7. The van der Waals surface area contributed by atoms with E-state index in [0.29, 0.717) is 11.5 Å². The molecular weight excluding hydrogens is 423 g/mol. The molecule has 0 saturated heterocycles. The molecule has 2 aliphatic rings. The molecule has 4 heteroatoms. The van der Waals surface area contributed by atoms with Gasteiger partial charge in [-0.2, -0.15) is 0 Å². The van der Waals surface area contributed by atoms with Crippen molar-refractivity contribution < 1.29 is 4.79 Å². The first kappa shape index (κ1) is 17.0. The van der Waals surface area contributed by atoms with Gasteiger partial charge in [0.1, 0.15) is 0 Å². The Labute approximate surface area is 162 Å². The lowest BCUT2D eigenvalue weighted by Gasteiger charge is -2.31. The second-order valence-electron chi connectivity index (χ2n) is 7.19. The summed E-state index contributed by atoms with van der Waals surface area (Å²) in [5, 5.41) is 0. The van der Waals surface area contributed by atoms with Crippen molar-refractivity contribution in [3.05, 3.63) is 62.7 Å². The third kappa shape index (κ3) is 2.79. The topological polar surface area (TPSA) is 46.3 Å². The number of carbonyl (C=O) groups excluding carboxylic acids is 1. The average molecular weight is 446 g/mol. The van der Waals surface area contributed by atoms with Gasteiger partial charge in [0.2, 0.25) is 0 Å². The van der Waals surface area contributed by atoms with Crippen LogP contribution in [0.25, 0.3) is 0 Å². The highest BCUT2D eigenvalue weighted by atomic mass is 127. The molecule has 1 amide bonds. The molecule has 4 rings (SSSR count). The Bertz CT molecular complexity index is 805. The van der Waals surface area contributed by atoms with Crippen LogP contribution in [0, 0.1) is 9.49 Å². The second-order valence-corrected chi connectivity index (χ2v) is 8.35. The summed E-state index contributed by atoms with van der Waals surface area (Å²) in [7, 11) is 0. The van der Waals surface area contributed by atoms with Gasteiger partial charge >= 0.3 is 0 Å². The molecule has 0 fully saturated rings. The van der Waals surface area contributed by atoms with Crippen molar-refractivity contribution in [3.63, 3.8) is 0 Å². The average Bonchev–Trinajstić information content (AvgIpc) is 2.91. The van der Waals surface area contributed by atoms with Crippen molar-refractivity contribution in [2.24, 2.45) is 11.7 Å². The molecule has 0 aromatic heterocycles. The van der Waals surface area contributed by atoms with Crippen LogP contribution in [0.3, 0.4) is 0 Å². The van der Waals surface area contributed by atoms with Gasteiger partial charge in [-0.1, -0.05) is 38.0 Å². The number of nitrogens with zero attached hydrogens (tertiary/aromatic N) is 1. The molecule has 0 saturated carbocycles. The third-order valence-corrected chi connectivity index (χ3v) is 6.64. The van der Waals surface area contributed by atoms with Crippen molar-refractivity contribution in [1.29, 1.82) is 0 Å². The van der Waals surface area contributed by atoms with E-state index in [9.17, 15) is 4.79 Å². The number of halogens is 1. The monoisotopic (exact) mass is 446 g/mol. The first-order chi connectivity index (χ1) is 12.1. The maximum absolute atomic E-state index is 13.1. The van der Waals surface area contributed by atoms with E-state index in [2.05, 4.69) is 41.6 Å². The molecule has 2 N–H and O–H groups in total. The Kier molecular flexibility index (Phi) is 4.58. The van der Waals surface area contributed by atoms with E-state index in [1.807, 2.05) is 35.2 Å². The maximum Gasteiger partial charge on any atom is 0.259 e. The van der Waals surface area contributed by atoms with Gasteiger partial charge in [0.05, 0.1) is 6.17 Å². The SMILES string of the molecule is CCCC1Cc2c(I)ccc3c2C(C1)C(N)N3C(=O)c1ccccc1. The number of carbonyl (C=O) groups is 1. The lowest BCUT2D eigenvalue weighted by atomic mass is 9.75. The molecular formula is C21H23IN2O. The molecule has 1 aliphatic carbocycles. The minimum atomic E-state index is -0.265. The van der Waals surface area contributed by atoms with Crippen molar-refractivity contribution in [2.45, 2.75) is 44.7 Å². The van der Waals surface area contributed by atoms with Gasteiger partial charge in [0.25, 0.3) is 5.91 Å². The number of anilines is 1. The molecule has 2 aromatic rings. The van der Waals surface area contributed by atoms with Crippen LogP contribution in [-0.4, -0.2) is 12.1 Å². The molecule has 1 aliphatic heterocycles. The smallest absolute Gasteiger partial charge is 0.259 e. The van der Waals surface area contributed by atoms with Gasteiger partial charge in [-0.15, -0.1) is 0 Å². The first-order valence-corrected chi connectivity index (χ1v) is 10.1. The number of amides is 1. The van der Waals surface area contributed by atoms with Crippen LogP contribution in [-0.2, 0) is 6.42 Å². The van der Waals surface area contributed by atoms with Gasteiger partial charge < -0.3 is 5.73 Å². The van der Waals surface area contributed by atoms with E-state index in [4.69, 9.17) is 5.73 Å². The molecule has 0 bridgehead atoms. The van der Waals surface area contributed by atoms with E-state index in [1.165, 1.54) is 27.5 Å². The number of rotatable bonds is 3. The van der Waals surface area contributed by atoms with Crippen molar-refractivity contribution in [3.8, 4) is 0 Å². The van der Waals surface area contributed by atoms with Gasteiger partial charge in [-0.3, -0.25) is 9.69 Å². The largest absolute Gasteiger partial charge is 0.310 e. The van der Waals surface area contributed by atoms with E-state index >= 15 is 0 Å². The highest BCUT2D eigenvalue weighted by molar-refractivity contribution is 14.1. The minimum Gasteiger partial charge on any atom is -0.310 e. The zero-order chi connectivity index (χ0) is 17.6. The molecule has 3 unspecified atom stereocenters. The number of benzene rings is 2. The Hall–Kier alpha value is -1.40. The number of hydrogen-bond donors (Lipinski definition) is 1. The standard InChI is InChI=1S/C21H23IN2O/c1-2-6-13-11-15-17(22)9-10-18-19(15)16(12-13)20(23)24(18)21(25)14-7-4-3-5-8-14/h3-5,7-10,13,16,20H,2,6,11-12,23H2,1H3. The van der Waals surface area contributed by atoms with Crippen LogP contribution in [0.5, 0.6) is 0 Å². The number of hydrogen-bond acceptors (Lipinski definition) is 2. The van der Waals surface area contributed by atoms with Crippen molar-refractivity contribution in [1.82, 2.24) is 0 Å². The van der Waals surface area contributed by atoms with Crippen LogP contribution < -0.4 is 10.6 Å². The zero-order valence-electron chi connectivity index (χ0n) is 14.4. The van der Waals surface area contributed by atoms with Crippen LogP contribution in [0.1, 0.15) is 53.6 Å². The Morgan fingerprint density at radius 2 is 2.00 bits per heavy atom. The normalized spacial score (nSPS) is 24.3. The maximum atomic E-state index is 13.1. The van der Waals surface area contributed by atoms with E-state index in [1.54, 1.807) is 0 Å². The summed E-state index contributed by atoms with van der Waals surface area (Å²) in [5.41, 5.74) is 11.1. The fourth-order valence-electron chi connectivity index (χ4n) is 4.55. The highest BCUT2D eigenvalue weighted by Crippen LogP contribution is 2.50. The van der Waals surface area contributed by atoms with Crippen LogP contribution in [0.15, 0.2) is 42.5 Å². The number of nitrogens with two attached hydrogens (primary N) is 1. The fourth-order valence-corrected chi connectivity index (χ4v) is 5.24. The summed E-state index contributed by atoms with van der Waals surface area (Å²) >= 11 is 2.43. The van der Waals surface area contributed by atoms with E-state index in [0.717, 1.165) is 18.5 Å². The molecule has 25 heavy (non-hydrogen) atoms. The summed E-state index contributed by atoms with van der Waals surface area (Å²) in [4.78, 5) is 15.0. The highest BCUT2D eigenvalue weighted by Gasteiger charge is 2.44. The van der Waals surface area contributed by atoms with Crippen molar-refractivity contribution in [2.75, 3.05) is 4.90 Å². The summed E-state index contributed by atoms with van der Waals surface area (Å²) in [6.07, 6.45) is 4.37. The molecule has 2 aromatic carbocycles. The van der Waals surface area contributed by atoms with Crippen LogP contribution in [0.2, 0.25) is 0 Å². The predicted octanol–water partition coefficient (Wildman–Crippen LogP) is 4.68. The quantitative estimate of drug-likeness (QED) is 0.696. The zero-order valence-corrected chi connectivity index (χ0v) is 16.6. The summed E-state index contributed by atoms with van der Waals surface area (Å²) in [5.74, 6) is 0.944. The molecule has 3 atom stereocenters. The molecule has 0 radical (unpaired) electrons. The van der Waals surface area contributed by atoms with Gasteiger partial charge in [-0.05, 0) is 76.7 Å². The van der Waals surface area contributed by atoms with Gasteiger partial charge in [0.15, 0.2) is 0 Å². The molecule has 3 nitrogen and oxygen atoms in total. The predicted molar refractivity (Wildman–Crippen MR) is 110 cm³/mol. The van der Waals surface area contributed by atoms with Gasteiger partial charge in [0, 0.05) is 20.7 Å². The molecule has 0 spiro atoms. The van der Waals surface area contributed by atoms with Crippen LogP contribution >= 0.6 is 22.6 Å². The Balaban J connectivity index is 1.78. The fraction of sp³-hybridized carbons (Fsp3) is 0.381. The molecule has 1 heterocycles. The van der Waals surface area contributed by atoms with E-state index in [-0.39, 0.29) is 18.0 Å². The van der Waals surface area contributed by atoms with Crippen LogP contribution in [0.4, 0.5) is 5.69 Å². The Morgan fingerprint density at radius 1 is 1.24 bits per heavy atom. The van der Waals surface area contributed by atoms with E-state index < -0.39 is 0 Å². The van der Waals surface area contributed by atoms with Crippen molar-refractivity contribution >= 4 is 34.2 Å². The lowest BCUT2D eigenvalue weighted by molar-refractivity contribution is 0.0976. The first-order valence-electron chi connectivity index (χ1n) is 9.07. The molecule has 130 valence electrons. The summed E-state index contributed by atoms with van der Waals surface area (Å²) in [6.45, 7) is 2.25. The van der Waals surface area contributed by atoms with Gasteiger partial charge in [-0.25, -0.2) is 0 Å².